The maximum absolute atomic E-state index is 13.8. The van der Waals surface area contributed by atoms with Gasteiger partial charge in [-0.3, -0.25) is 4.79 Å². The largest absolute Gasteiger partial charge is 0.338 e. The average Bonchev–Trinajstić information content (AvgIpc) is 3.38. The molecule has 1 amide bonds. The minimum atomic E-state index is -1.24. The van der Waals surface area contributed by atoms with E-state index in [0.717, 1.165) is 24.7 Å². The van der Waals surface area contributed by atoms with Gasteiger partial charge in [-0.1, -0.05) is 0 Å². The first-order chi connectivity index (χ1) is 12.9. The fraction of sp³-hybridized carbons (Fsp3) is 0.556. The van der Waals surface area contributed by atoms with Crippen molar-refractivity contribution < 1.29 is 18.0 Å². The molecule has 0 spiro atoms. The van der Waals surface area contributed by atoms with Crippen LogP contribution in [0.2, 0.25) is 0 Å². The molecule has 1 aromatic carbocycles. The minimum absolute atomic E-state index is 0.0117. The normalized spacial score (nSPS) is 23.6. The zero-order valence-electron chi connectivity index (χ0n) is 14.8. The first-order valence-electron chi connectivity index (χ1n) is 9.18. The van der Waals surface area contributed by atoms with E-state index in [1.807, 2.05) is 5.01 Å². The molecule has 2 fully saturated rings. The molecule has 0 radical (unpaired) electrons. The molecule has 4 rings (SSSR count). The third kappa shape index (κ3) is 3.93. The van der Waals surface area contributed by atoms with E-state index < -0.39 is 23.5 Å². The number of hydrazine groups is 1. The third-order valence-electron chi connectivity index (χ3n) is 5.23. The highest BCUT2D eigenvalue weighted by Crippen LogP contribution is 2.32. The monoisotopic (exact) mass is 381 g/mol. The Hall–Kier alpha value is -2.13. The topological polar surface area (TPSA) is 74.0 Å². The number of fused-ring (bicyclic) bond motifs is 1. The molecule has 1 saturated carbocycles. The maximum Gasteiger partial charge on any atom is 0.224 e. The van der Waals surface area contributed by atoms with Gasteiger partial charge in [-0.15, -0.1) is 0 Å². The molecule has 9 heteroatoms. The molecule has 3 N–H and O–H groups in total. The highest BCUT2D eigenvalue weighted by molar-refractivity contribution is 5.87. The average molecular weight is 381 g/mol. The number of hydrogen-bond acceptors (Lipinski definition) is 5. The van der Waals surface area contributed by atoms with Gasteiger partial charge < -0.3 is 16.1 Å². The number of nitrogens with one attached hydrogen (secondary N) is 1. The van der Waals surface area contributed by atoms with Gasteiger partial charge in [0, 0.05) is 37.5 Å². The quantitative estimate of drug-likeness (QED) is 0.751. The molecule has 146 valence electrons. The molecule has 1 aliphatic carbocycles. The van der Waals surface area contributed by atoms with Crippen molar-refractivity contribution in [3.8, 4) is 0 Å². The van der Waals surface area contributed by atoms with Crippen LogP contribution in [0, 0.1) is 23.4 Å². The summed E-state index contributed by atoms with van der Waals surface area (Å²) in [6, 6.07) is 0.620. The SMILES string of the molecule is N[C@@H](CC(=O)N1CCN2NC(C3CC3)=NC2C1)Cc1cc(F)c(F)cc1F. The Labute approximate surface area is 155 Å². The van der Waals surface area contributed by atoms with Crippen molar-refractivity contribution in [2.75, 3.05) is 19.6 Å². The molecule has 2 atom stereocenters. The summed E-state index contributed by atoms with van der Waals surface area (Å²) in [6.45, 7) is 1.71. The first kappa shape index (κ1) is 18.2. The Kier molecular flexibility index (Phi) is 4.81. The van der Waals surface area contributed by atoms with Crippen molar-refractivity contribution in [3.05, 3.63) is 35.1 Å². The Balaban J connectivity index is 1.33. The molecular formula is C18H22F3N5O. The number of piperazine rings is 1. The fourth-order valence-corrected chi connectivity index (χ4v) is 3.55. The summed E-state index contributed by atoms with van der Waals surface area (Å²) in [6.07, 6.45) is 2.20. The second kappa shape index (κ2) is 7.12. The van der Waals surface area contributed by atoms with E-state index in [4.69, 9.17) is 5.73 Å². The fourth-order valence-electron chi connectivity index (χ4n) is 3.55. The predicted molar refractivity (Wildman–Crippen MR) is 93.0 cm³/mol. The lowest BCUT2D eigenvalue weighted by Crippen LogP contribution is -2.56. The number of rotatable bonds is 5. The van der Waals surface area contributed by atoms with Crippen LogP contribution in [-0.2, 0) is 11.2 Å². The van der Waals surface area contributed by atoms with Gasteiger partial charge in [0.2, 0.25) is 5.91 Å². The van der Waals surface area contributed by atoms with E-state index in [0.29, 0.717) is 31.6 Å². The third-order valence-corrected chi connectivity index (χ3v) is 5.23. The van der Waals surface area contributed by atoms with Gasteiger partial charge in [0.25, 0.3) is 0 Å². The van der Waals surface area contributed by atoms with E-state index >= 15 is 0 Å². The summed E-state index contributed by atoms with van der Waals surface area (Å²) >= 11 is 0. The van der Waals surface area contributed by atoms with Crippen molar-refractivity contribution in [3.63, 3.8) is 0 Å². The van der Waals surface area contributed by atoms with Crippen LogP contribution in [0.3, 0.4) is 0 Å². The van der Waals surface area contributed by atoms with Crippen molar-refractivity contribution in [2.45, 2.75) is 37.9 Å². The highest BCUT2D eigenvalue weighted by atomic mass is 19.2. The molecule has 0 aromatic heterocycles. The summed E-state index contributed by atoms with van der Waals surface area (Å²) < 4.78 is 40.1. The van der Waals surface area contributed by atoms with Gasteiger partial charge in [0.05, 0.1) is 6.54 Å². The molecule has 2 aliphatic heterocycles. The molecule has 1 saturated heterocycles. The van der Waals surface area contributed by atoms with E-state index in [1.165, 1.54) is 0 Å². The number of aliphatic imine (C=N–C) groups is 1. The van der Waals surface area contributed by atoms with Gasteiger partial charge in [-0.05, 0) is 30.9 Å². The molecule has 0 bridgehead atoms. The standard InChI is InChI=1S/C18H22F3N5O/c19-13-8-15(21)14(20)6-11(13)5-12(22)7-17(27)25-3-4-26-16(9-25)23-18(24-26)10-1-2-10/h6,8,10,12,16H,1-5,7,9,22H2,(H,23,24)/t12-,16?/m1/s1. The van der Waals surface area contributed by atoms with Crippen molar-refractivity contribution in [1.29, 1.82) is 0 Å². The maximum atomic E-state index is 13.8. The summed E-state index contributed by atoms with van der Waals surface area (Å²) in [4.78, 5) is 18.9. The molecule has 27 heavy (non-hydrogen) atoms. The van der Waals surface area contributed by atoms with Gasteiger partial charge in [0.1, 0.15) is 17.8 Å². The smallest absolute Gasteiger partial charge is 0.224 e. The van der Waals surface area contributed by atoms with Gasteiger partial charge in [-0.2, -0.15) is 5.01 Å². The van der Waals surface area contributed by atoms with Crippen LogP contribution in [-0.4, -0.2) is 53.5 Å². The molecule has 6 nitrogen and oxygen atoms in total. The molecule has 3 aliphatic rings. The number of benzene rings is 1. The van der Waals surface area contributed by atoms with Crippen LogP contribution in [0.4, 0.5) is 13.2 Å². The van der Waals surface area contributed by atoms with Crippen molar-refractivity contribution in [1.82, 2.24) is 15.3 Å². The Morgan fingerprint density at radius 3 is 2.70 bits per heavy atom. The van der Waals surface area contributed by atoms with Crippen LogP contribution in [0.5, 0.6) is 0 Å². The molecule has 1 unspecified atom stereocenters. The van der Waals surface area contributed by atoms with Crippen molar-refractivity contribution in [2.24, 2.45) is 16.6 Å². The van der Waals surface area contributed by atoms with Crippen LogP contribution in [0.15, 0.2) is 17.1 Å². The lowest BCUT2D eigenvalue weighted by Gasteiger charge is -2.36. The lowest BCUT2D eigenvalue weighted by atomic mass is 10.0. The summed E-state index contributed by atoms with van der Waals surface area (Å²) in [5.74, 6) is -1.82. The second-order valence-corrected chi connectivity index (χ2v) is 7.44. The Morgan fingerprint density at radius 2 is 1.96 bits per heavy atom. The number of amides is 1. The van der Waals surface area contributed by atoms with E-state index in [9.17, 15) is 18.0 Å². The zero-order valence-corrected chi connectivity index (χ0v) is 14.8. The zero-order chi connectivity index (χ0) is 19.1. The summed E-state index contributed by atoms with van der Waals surface area (Å²) in [5.41, 5.74) is 9.25. The van der Waals surface area contributed by atoms with Crippen LogP contribution < -0.4 is 11.2 Å². The first-order valence-corrected chi connectivity index (χ1v) is 9.18. The van der Waals surface area contributed by atoms with E-state index in [2.05, 4.69) is 10.4 Å². The van der Waals surface area contributed by atoms with Crippen LogP contribution in [0.1, 0.15) is 24.8 Å². The van der Waals surface area contributed by atoms with Crippen molar-refractivity contribution >= 4 is 11.7 Å². The number of carbonyl (C=O) groups is 1. The number of nitrogens with two attached hydrogens (primary N) is 1. The number of nitrogens with zero attached hydrogens (tertiary/aromatic N) is 3. The number of hydrogen-bond donors (Lipinski definition) is 2. The molecule has 2 heterocycles. The Bertz CT molecular complexity index is 783. The minimum Gasteiger partial charge on any atom is -0.338 e. The summed E-state index contributed by atoms with van der Waals surface area (Å²) in [7, 11) is 0. The predicted octanol–water partition coefficient (Wildman–Crippen LogP) is 1.16. The lowest BCUT2D eigenvalue weighted by molar-refractivity contribution is -0.134. The van der Waals surface area contributed by atoms with Gasteiger partial charge in [-0.25, -0.2) is 18.2 Å². The highest BCUT2D eigenvalue weighted by Gasteiger charge is 2.39. The van der Waals surface area contributed by atoms with Gasteiger partial charge in [0.15, 0.2) is 11.6 Å². The summed E-state index contributed by atoms with van der Waals surface area (Å²) in [5, 5.41) is 2.05. The van der Waals surface area contributed by atoms with Gasteiger partial charge >= 0.3 is 0 Å². The van der Waals surface area contributed by atoms with Crippen LogP contribution in [0.25, 0.3) is 0 Å². The Morgan fingerprint density at radius 1 is 1.22 bits per heavy atom. The molecular weight excluding hydrogens is 359 g/mol. The van der Waals surface area contributed by atoms with E-state index in [1.54, 1.807) is 4.90 Å². The van der Waals surface area contributed by atoms with E-state index in [-0.39, 0.29) is 30.5 Å². The number of amidine groups is 1. The molecule has 1 aromatic rings. The number of halogens is 3. The second-order valence-electron chi connectivity index (χ2n) is 7.44. The number of carbonyl (C=O) groups excluding carboxylic acids is 1. The van der Waals surface area contributed by atoms with Crippen LogP contribution >= 0.6 is 0 Å².